The summed E-state index contributed by atoms with van der Waals surface area (Å²) in [5, 5.41) is 5.09. The molecular weight excluding hydrogens is 569 g/mol. The number of para-hydroxylation sites is 2. The van der Waals surface area contributed by atoms with Gasteiger partial charge in [-0.2, -0.15) is 0 Å². The third-order valence-corrected chi connectivity index (χ3v) is 10.5. The van der Waals surface area contributed by atoms with E-state index >= 15 is 0 Å². The summed E-state index contributed by atoms with van der Waals surface area (Å²) in [4.78, 5) is 0. The quantitative estimate of drug-likeness (QED) is 0.191. The van der Waals surface area contributed by atoms with Crippen LogP contribution >= 0.6 is 0 Å². The molecule has 0 bridgehead atoms. The average molecular weight is 601 g/mol. The maximum absolute atomic E-state index is 2.52. The Morgan fingerprint density at radius 3 is 1.87 bits per heavy atom. The van der Waals surface area contributed by atoms with Crippen molar-refractivity contribution in [2.75, 3.05) is 0 Å². The van der Waals surface area contributed by atoms with E-state index < -0.39 is 0 Å². The van der Waals surface area contributed by atoms with Crippen molar-refractivity contribution in [2.24, 2.45) is 0 Å². The van der Waals surface area contributed by atoms with E-state index in [0.29, 0.717) is 0 Å². The summed E-state index contributed by atoms with van der Waals surface area (Å²) in [7, 11) is 0. The Balaban J connectivity index is 1.31. The van der Waals surface area contributed by atoms with E-state index in [4.69, 9.17) is 0 Å². The minimum absolute atomic E-state index is 0.125. The van der Waals surface area contributed by atoms with Gasteiger partial charge in [-0.1, -0.05) is 135 Å². The summed E-state index contributed by atoms with van der Waals surface area (Å²) in [6.45, 7) is 4.76. The van der Waals surface area contributed by atoms with Crippen LogP contribution in [-0.2, 0) is 5.41 Å². The smallest absolute Gasteiger partial charge is 0.0641 e. The first-order valence-corrected chi connectivity index (χ1v) is 16.5. The molecule has 2 heterocycles. The summed E-state index contributed by atoms with van der Waals surface area (Å²) in [6.07, 6.45) is 0. The van der Waals surface area contributed by atoms with Crippen LogP contribution in [0.1, 0.15) is 25.0 Å². The predicted molar refractivity (Wildman–Crippen MR) is 198 cm³/mol. The molecule has 222 valence electrons. The average Bonchev–Trinajstić information content (AvgIpc) is 3.72. The molecule has 0 fully saturated rings. The highest BCUT2D eigenvalue weighted by atomic mass is 15.0. The third kappa shape index (κ3) is 3.56. The van der Waals surface area contributed by atoms with Crippen molar-refractivity contribution >= 4 is 43.6 Å². The molecule has 10 rings (SSSR count). The van der Waals surface area contributed by atoms with Crippen LogP contribution in [0.4, 0.5) is 0 Å². The molecule has 1 aliphatic carbocycles. The Morgan fingerprint density at radius 1 is 0.426 bits per heavy atom. The van der Waals surface area contributed by atoms with Gasteiger partial charge in [-0.05, 0) is 69.8 Å². The lowest BCUT2D eigenvalue weighted by atomic mass is 9.81. The maximum Gasteiger partial charge on any atom is 0.0641 e. The maximum atomic E-state index is 2.52. The van der Waals surface area contributed by atoms with E-state index in [-0.39, 0.29) is 5.41 Å². The zero-order valence-electron chi connectivity index (χ0n) is 26.4. The fourth-order valence-corrected chi connectivity index (χ4v) is 8.48. The minimum Gasteiger partial charge on any atom is -0.309 e. The highest BCUT2D eigenvalue weighted by Crippen LogP contribution is 2.52. The van der Waals surface area contributed by atoms with Crippen LogP contribution in [0.3, 0.4) is 0 Å². The highest BCUT2D eigenvalue weighted by Gasteiger charge is 2.38. The summed E-state index contributed by atoms with van der Waals surface area (Å²) < 4.78 is 5.00. The first-order chi connectivity index (χ1) is 23.1. The molecule has 2 heteroatoms. The summed E-state index contributed by atoms with van der Waals surface area (Å²) in [5.74, 6) is 0. The van der Waals surface area contributed by atoms with Gasteiger partial charge in [0.25, 0.3) is 0 Å². The topological polar surface area (TPSA) is 9.86 Å². The number of aromatic nitrogens is 2. The van der Waals surface area contributed by atoms with Gasteiger partial charge in [0.15, 0.2) is 0 Å². The van der Waals surface area contributed by atoms with Crippen LogP contribution in [-0.4, -0.2) is 9.13 Å². The van der Waals surface area contributed by atoms with Crippen molar-refractivity contribution in [1.82, 2.24) is 9.13 Å². The number of benzene rings is 7. The Kier molecular flexibility index (Phi) is 5.37. The second kappa shape index (κ2) is 9.57. The summed E-state index contributed by atoms with van der Waals surface area (Å²) >= 11 is 0. The van der Waals surface area contributed by atoms with E-state index in [2.05, 4.69) is 181 Å². The SMILES string of the molecule is CC1(C)c2ccccc2-c2cccc(-n3c4ccccc4c4c3ccc3c5ccccc5n(-c5ccc(-c6ccccc6)cc5)c34)c21. The number of nitrogens with zero attached hydrogens (tertiary/aromatic N) is 2. The van der Waals surface area contributed by atoms with Gasteiger partial charge in [-0.3, -0.25) is 0 Å². The Bertz CT molecular complexity index is 2680. The van der Waals surface area contributed by atoms with Gasteiger partial charge >= 0.3 is 0 Å². The van der Waals surface area contributed by atoms with Crippen LogP contribution < -0.4 is 0 Å². The molecule has 0 saturated heterocycles. The number of rotatable bonds is 3. The molecule has 0 atom stereocenters. The fraction of sp³-hybridized carbons (Fsp3) is 0.0667. The number of hydrogen-bond donors (Lipinski definition) is 0. The molecule has 9 aromatic rings. The van der Waals surface area contributed by atoms with Gasteiger partial charge in [-0.25, -0.2) is 0 Å². The highest BCUT2D eigenvalue weighted by molar-refractivity contribution is 6.26. The van der Waals surface area contributed by atoms with Crippen molar-refractivity contribution in [3.63, 3.8) is 0 Å². The number of hydrogen-bond acceptors (Lipinski definition) is 0. The fourth-order valence-electron chi connectivity index (χ4n) is 8.48. The molecule has 7 aromatic carbocycles. The van der Waals surface area contributed by atoms with Crippen molar-refractivity contribution in [3.8, 4) is 33.6 Å². The monoisotopic (exact) mass is 600 g/mol. The molecule has 0 aliphatic heterocycles. The van der Waals surface area contributed by atoms with Gasteiger partial charge in [0.1, 0.15) is 0 Å². The van der Waals surface area contributed by atoms with Crippen molar-refractivity contribution in [3.05, 3.63) is 169 Å². The molecular formula is C45H32N2. The molecule has 47 heavy (non-hydrogen) atoms. The summed E-state index contributed by atoms with van der Waals surface area (Å²) in [5.41, 5.74) is 15.1. The lowest BCUT2D eigenvalue weighted by Gasteiger charge is -2.25. The Morgan fingerprint density at radius 2 is 1.06 bits per heavy atom. The van der Waals surface area contributed by atoms with E-state index in [9.17, 15) is 0 Å². The largest absolute Gasteiger partial charge is 0.309 e. The molecule has 0 amide bonds. The Hall–Kier alpha value is -5.86. The lowest BCUT2D eigenvalue weighted by molar-refractivity contribution is 0.656. The normalized spacial score (nSPS) is 13.5. The molecule has 0 N–H and O–H groups in total. The molecule has 2 nitrogen and oxygen atoms in total. The predicted octanol–water partition coefficient (Wildman–Crippen LogP) is 11.9. The minimum atomic E-state index is -0.125. The van der Waals surface area contributed by atoms with Gasteiger partial charge in [-0.15, -0.1) is 0 Å². The van der Waals surface area contributed by atoms with Gasteiger partial charge < -0.3 is 9.13 Å². The van der Waals surface area contributed by atoms with Crippen LogP contribution in [0.25, 0.3) is 77.2 Å². The zero-order chi connectivity index (χ0) is 31.3. The second-order valence-electron chi connectivity index (χ2n) is 13.3. The molecule has 0 spiro atoms. The van der Waals surface area contributed by atoms with E-state index in [1.807, 2.05) is 0 Å². The van der Waals surface area contributed by atoms with Gasteiger partial charge in [0.05, 0.1) is 27.8 Å². The third-order valence-electron chi connectivity index (χ3n) is 10.5. The van der Waals surface area contributed by atoms with Crippen LogP contribution in [0.15, 0.2) is 158 Å². The van der Waals surface area contributed by atoms with Crippen LogP contribution in [0.2, 0.25) is 0 Å². The molecule has 0 saturated carbocycles. The molecule has 2 aromatic heterocycles. The van der Waals surface area contributed by atoms with Crippen molar-refractivity contribution in [2.45, 2.75) is 19.3 Å². The first kappa shape index (κ1) is 26.4. The number of fused-ring (bicyclic) bond motifs is 10. The standard InChI is InChI=1S/C45H32N2/c1-45(2)37-19-9-6-15-32(37)34-18-12-22-41(43(34)45)47-39-21-11-8-17-36(39)42-40(47)28-27-35-33-16-7-10-20-38(33)46(44(35)42)31-25-23-30(24-26-31)29-13-4-3-5-14-29/h3-28H,1-2H3. The van der Waals surface area contributed by atoms with Crippen molar-refractivity contribution < 1.29 is 0 Å². The summed E-state index contributed by atoms with van der Waals surface area (Å²) in [6, 6.07) is 57.9. The zero-order valence-corrected chi connectivity index (χ0v) is 26.4. The molecule has 0 unspecified atom stereocenters. The second-order valence-corrected chi connectivity index (χ2v) is 13.3. The van der Waals surface area contributed by atoms with Crippen LogP contribution in [0, 0.1) is 0 Å². The molecule has 0 radical (unpaired) electrons. The van der Waals surface area contributed by atoms with Crippen LogP contribution in [0.5, 0.6) is 0 Å². The van der Waals surface area contributed by atoms with Crippen molar-refractivity contribution in [1.29, 1.82) is 0 Å². The first-order valence-electron chi connectivity index (χ1n) is 16.5. The molecule has 1 aliphatic rings. The van der Waals surface area contributed by atoms with Gasteiger partial charge in [0.2, 0.25) is 0 Å². The van der Waals surface area contributed by atoms with E-state index in [1.54, 1.807) is 0 Å². The lowest BCUT2D eigenvalue weighted by Crippen LogP contribution is -2.18. The van der Waals surface area contributed by atoms with Gasteiger partial charge in [0, 0.05) is 32.6 Å². The van der Waals surface area contributed by atoms with E-state index in [1.165, 1.54) is 82.7 Å². The Labute approximate surface area is 273 Å². The van der Waals surface area contributed by atoms with E-state index in [0.717, 1.165) is 5.69 Å².